The van der Waals surface area contributed by atoms with Gasteiger partial charge < -0.3 is 5.73 Å². The van der Waals surface area contributed by atoms with Gasteiger partial charge in [-0.1, -0.05) is 0 Å². The van der Waals surface area contributed by atoms with Gasteiger partial charge >= 0.3 is 0 Å². The van der Waals surface area contributed by atoms with Gasteiger partial charge in [-0.3, -0.25) is 9.48 Å². The summed E-state index contributed by atoms with van der Waals surface area (Å²) in [5.74, 6) is -0.406. The summed E-state index contributed by atoms with van der Waals surface area (Å²) in [6.07, 6.45) is 5.56. The number of nitrogens with zero attached hydrogens (tertiary/aromatic N) is 2. The highest BCUT2D eigenvalue weighted by atomic mass is 16.1. The van der Waals surface area contributed by atoms with Crippen LogP contribution in [0.1, 0.15) is 29.2 Å². The van der Waals surface area contributed by atoms with Gasteiger partial charge in [-0.25, -0.2) is 0 Å². The van der Waals surface area contributed by atoms with E-state index in [0.717, 1.165) is 0 Å². The molecule has 1 aliphatic rings. The molecular formula is C7H9N3O. The van der Waals surface area contributed by atoms with Crippen molar-refractivity contribution in [3.8, 4) is 0 Å². The molecule has 1 aromatic rings. The molecule has 0 aliphatic heterocycles. The Morgan fingerprint density at radius 3 is 2.91 bits per heavy atom. The normalized spacial score (nSPS) is 16.7. The van der Waals surface area contributed by atoms with Gasteiger partial charge in [0.15, 0.2) is 0 Å². The molecule has 1 heterocycles. The minimum absolute atomic E-state index is 0.406. The number of rotatable bonds is 2. The lowest BCUT2D eigenvalue weighted by atomic mass is 10.3. The van der Waals surface area contributed by atoms with E-state index in [1.54, 1.807) is 10.9 Å². The Morgan fingerprint density at radius 1 is 1.73 bits per heavy atom. The molecule has 4 nitrogen and oxygen atoms in total. The van der Waals surface area contributed by atoms with Crippen molar-refractivity contribution in [2.45, 2.75) is 18.9 Å². The average Bonchev–Trinajstić information content (AvgIpc) is 2.68. The van der Waals surface area contributed by atoms with E-state index < -0.39 is 5.91 Å². The number of hydrogen-bond donors (Lipinski definition) is 1. The van der Waals surface area contributed by atoms with Crippen LogP contribution in [0, 0.1) is 0 Å². The van der Waals surface area contributed by atoms with Crippen LogP contribution in [0.2, 0.25) is 0 Å². The summed E-state index contributed by atoms with van der Waals surface area (Å²) in [6, 6.07) is 0.517. The molecule has 1 amide bonds. The Kier molecular flexibility index (Phi) is 1.21. The fourth-order valence-electron chi connectivity index (χ4n) is 1.00. The summed E-state index contributed by atoms with van der Waals surface area (Å²) in [4.78, 5) is 10.6. The summed E-state index contributed by atoms with van der Waals surface area (Å²) >= 11 is 0. The quantitative estimate of drug-likeness (QED) is 0.661. The van der Waals surface area contributed by atoms with Crippen molar-refractivity contribution in [3.63, 3.8) is 0 Å². The number of hydrogen-bond acceptors (Lipinski definition) is 2. The van der Waals surface area contributed by atoms with Crippen LogP contribution in [-0.2, 0) is 0 Å². The zero-order valence-electron chi connectivity index (χ0n) is 6.03. The van der Waals surface area contributed by atoms with Gasteiger partial charge in [0, 0.05) is 6.20 Å². The van der Waals surface area contributed by atoms with Gasteiger partial charge in [0.25, 0.3) is 5.91 Å². The van der Waals surface area contributed by atoms with Crippen LogP contribution in [-0.4, -0.2) is 15.7 Å². The van der Waals surface area contributed by atoms with Crippen molar-refractivity contribution in [3.05, 3.63) is 18.0 Å². The third-order valence-corrected chi connectivity index (χ3v) is 1.81. The molecule has 1 aromatic heterocycles. The first-order chi connectivity index (χ1) is 5.27. The van der Waals surface area contributed by atoms with E-state index in [1.807, 2.05) is 0 Å². The van der Waals surface area contributed by atoms with E-state index >= 15 is 0 Å². The lowest BCUT2D eigenvalue weighted by molar-refractivity contribution is 0.1000. The molecule has 0 radical (unpaired) electrons. The molecule has 1 fully saturated rings. The average molecular weight is 151 g/mol. The Bertz CT molecular complexity index is 288. The highest BCUT2D eigenvalue weighted by molar-refractivity contribution is 5.92. The second-order valence-corrected chi connectivity index (χ2v) is 2.80. The molecule has 2 rings (SSSR count). The maximum Gasteiger partial charge on any atom is 0.251 e. The van der Waals surface area contributed by atoms with Crippen molar-refractivity contribution >= 4 is 5.91 Å². The molecule has 0 bridgehead atoms. The first kappa shape index (κ1) is 6.39. The van der Waals surface area contributed by atoms with E-state index in [9.17, 15) is 4.79 Å². The van der Waals surface area contributed by atoms with Crippen LogP contribution in [0.5, 0.6) is 0 Å². The van der Waals surface area contributed by atoms with Crippen molar-refractivity contribution < 1.29 is 4.79 Å². The van der Waals surface area contributed by atoms with Gasteiger partial charge in [-0.05, 0) is 12.8 Å². The van der Waals surface area contributed by atoms with Crippen molar-refractivity contribution in [1.29, 1.82) is 0 Å². The third kappa shape index (κ3) is 1.11. The topological polar surface area (TPSA) is 60.9 Å². The molecular weight excluding hydrogens is 142 g/mol. The van der Waals surface area contributed by atoms with Crippen LogP contribution in [0.25, 0.3) is 0 Å². The summed E-state index contributed by atoms with van der Waals surface area (Å²) in [7, 11) is 0. The largest absolute Gasteiger partial charge is 0.366 e. The predicted octanol–water partition coefficient (Wildman–Crippen LogP) is 0.317. The zero-order chi connectivity index (χ0) is 7.84. The molecule has 1 aliphatic carbocycles. The lowest BCUT2D eigenvalue weighted by Gasteiger charge is -1.92. The minimum atomic E-state index is -0.406. The van der Waals surface area contributed by atoms with Crippen LogP contribution in [0.15, 0.2) is 12.4 Å². The molecule has 4 heteroatoms. The smallest absolute Gasteiger partial charge is 0.251 e. The van der Waals surface area contributed by atoms with Gasteiger partial charge in [0.1, 0.15) is 0 Å². The molecule has 1 saturated carbocycles. The number of carbonyl (C=O) groups excluding carboxylic acids is 1. The zero-order valence-corrected chi connectivity index (χ0v) is 6.03. The molecule has 2 N–H and O–H groups in total. The Labute approximate surface area is 64.0 Å². The van der Waals surface area contributed by atoms with Gasteiger partial charge in [0.05, 0.1) is 17.8 Å². The van der Waals surface area contributed by atoms with Crippen molar-refractivity contribution in [1.82, 2.24) is 9.78 Å². The van der Waals surface area contributed by atoms with Crippen LogP contribution in [0.3, 0.4) is 0 Å². The SMILES string of the molecule is NC(=O)c1cnn(C2CC2)c1. The van der Waals surface area contributed by atoms with Gasteiger partial charge in [0.2, 0.25) is 0 Å². The van der Waals surface area contributed by atoms with E-state index in [1.165, 1.54) is 19.0 Å². The first-order valence-electron chi connectivity index (χ1n) is 3.61. The molecule has 0 spiro atoms. The van der Waals surface area contributed by atoms with Crippen LogP contribution >= 0.6 is 0 Å². The lowest BCUT2D eigenvalue weighted by Crippen LogP contribution is -2.09. The van der Waals surface area contributed by atoms with E-state index in [-0.39, 0.29) is 0 Å². The predicted molar refractivity (Wildman–Crippen MR) is 39.0 cm³/mol. The fourth-order valence-corrected chi connectivity index (χ4v) is 1.00. The van der Waals surface area contributed by atoms with Crippen LogP contribution < -0.4 is 5.73 Å². The standard InChI is InChI=1S/C7H9N3O/c8-7(11)5-3-9-10(4-5)6-1-2-6/h3-4,6H,1-2H2,(H2,8,11). The summed E-state index contributed by atoms with van der Waals surface area (Å²) < 4.78 is 1.81. The van der Waals surface area contributed by atoms with E-state index in [4.69, 9.17) is 5.73 Å². The molecule has 0 atom stereocenters. The molecule has 0 saturated heterocycles. The maximum atomic E-state index is 10.6. The number of nitrogens with two attached hydrogens (primary N) is 1. The Balaban J connectivity index is 2.25. The number of carbonyl (C=O) groups is 1. The maximum absolute atomic E-state index is 10.6. The second-order valence-electron chi connectivity index (χ2n) is 2.80. The van der Waals surface area contributed by atoms with Crippen molar-refractivity contribution in [2.24, 2.45) is 5.73 Å². The van der Waals surface area contributed by atoms with Crippen LogP contribution in [0.4, 0.5) is 0 Å². The molecule has 0 aromatic carbocycles. The molecule has 0 unspecified atom stereocenters. The number of aromatic nitrogens is 2. The summed E-state index contributed by atoms with van der Waals surface area (Å²) in [6.45, 7) is 0. The monoisotopic (exact) mass is 151 g/mol. The molecule has 58 valence electrons. The van der Waals surface area contributed by atoms with Crippen molar-refractivity contribution in [2.75, 3.05) is 0 Å². The van der Waals surface area contributed by atoms with Gasteiger partial charge in [-0.2, -0.15) is 5.10 Å². The van der Waals surface area contributed by atoms with E-state index in [0.29, 0.717) is 11.6 Å². The Morgan fingerprint density at radius 2 is 2.45 bits per heavy atom. The highest BCUT2D eigenvalue weighted by Gasteiger charge is 2.24. The summed E-state index contributed by atoms with van der Waals surface area (Å²) in [5, 5.41) is 4.02. The Hall–Kier alpha value is -1.32. The minimum Gasteiger partial charge on any atom is -0.366 e. The second kappa shape index (κ2) is 2.08. The highest BCUT2D eigenvalue weighted by Crippen LogP contribution is 2.33. The first-order valence-corrected chi connectivity index (χ1v) is 3.61. The van der Waals surface area contributed by atoms with Gasteiger partial charge in [-0.15, -0.1) is 0 Å². The van der Waals surface area contributed by atoms with E-state index in [2.05, 4.69) is 5.10 Å². The number of primary amides is 1. The molecule has 11 heavy (non-hydrogen) atoms. The summed E-state index contributed by atoms with van der Waals surface area (Å²) in [5.41, 5.74) is 5.55. The third-order valence-electron chi connectivity index (χ3n) is 1.81. The number of amides is 1. The fraction of sp³-hybridized carbons (Fsp3) is 0.429.